The highest BCUT2D eigenvalue weighted by atomic mass is 32.2. The van der Waals surface area contributed by atoms with E-state index in [1.54, 1.807) is 16.7 Å². The number of phenols is 1. The first-order chi connectivity index (χ1) is 11.8. The fraction of sp³-hybridized carbons (Fsp3) is 0.682. The molecule has 0 aliphatic heterocycles. The van der Waals surface area contributed by atoms with Crippen LogP contribution in [-0.2, 0) is 15.6 Å². The number of unbranched alkanes of at least 4 members (excludes halogenated alkanes) is 1. The summed E-state index contributed by atoms with van der Waals surface area (Å²) < 4.78 is 0. The van der Waals surface area contributed by atoms with E-state index in [1.807, 2.05) is 14.1 Å². The molecule has 0 radical (unpaired) electrons. The summed E-state index contributed by atoms with van der Waals surface area (Å²) in [6.45, 7) is 14.8. The lowest BCUT2D eigenvalue weighted by Gasteiger charge is -2.29. The number of phenolic OH excluding ortho intramolecular Hbond substituents is 1. The molecule has 0 bridgehead atoms. The van der Waals surface area contributed by atoms with Gasteiger partial charge in [-0.1, -0.05) is 61.3 Å². The Morgan fingerprint density at radius 3 is 1.88 bits per heavy atom. The number of amides is 1. The van der Waals surface area contributed by atoms with Gasteiger partial charge in [-0.25, -0.2) is 0 Å². The minimum absolute atomic E-state index is 0.0878. The molecule has 0 fully saturated rings. The van der Waals surface area contributed by atoms with E-state index in [4.69, 9.17) is 0 Å². The summed E-state index contributed by atoms with van der Waals surface area (Å²) in [6, 6.07) is 4.13. The smallest absolute Gasteiger partial charge is 0.235 e. The molecule has 1 aromatic carbocycles. The average molecular weight is 380 g/mol. The van der Waals surface area contributed by atoms with Gasteiger partial charge in [-0.3, -0.25) is 4.79 Å². The maximum atomic E-state index is 12.6. The van der Waals surface area contributed by atoms with E-state index in [9.17, 15) is 9.90 Å². The Kier molecular flexibility index (Phi) is 7.64. The van der Waals surface area contributed by atoms with Gasteiger partial charge in [0.2, 0.25) is 5.91 Å². The van der Waals surface area contributed by atoms with Crippen LogP contribution in [0, 0.1) is 0 Å². The maximum absolute atomic E-state index is 12.6. The van der Waals surface area contributed by atoms with E-state index in [-0.39, 0.29) is 22.0 Å². The first-order valence-corrected chi connectivity index (χ1v) is 10.4. The molecule has 1 aromatic rings. The van der Waals surface area contributed by atoms with Crippen molar-refractivity contribution in [2.24, 2.45) is 0 Å². The van der Waals surface area contributed by atoms with Gasteiger partial charge < -0.3 is 10.0 Å². The van der Waals surface area contributed by atoms with Crippen LogP contribution in [0.2, 0.25) is 0 Å². The maximum Gasteiger partial charge on any atom is 0.235 e. The Morgan fingerprint density at radius 2 is 1.54 bits per heavy atom. The molecule has 1 rings (SSSR count). The number of nitrogens with zero attached hydrogens (tertiary/aromatic N) is 1. The fourth-order valence-corrected chi connectivity index (χ4v) is 4.19. The Bertz CT molecular complexity index is 589. The second-order valence-electron chi connectivity index (χ2n) is 9.35. The number of hydrogen-bond donors (Lipinski definition) is 1. The molecule has 0 aliphatic rings. The van der Waals surface area contributed by atoms with Gasteiger partial charge in [0.25, 0.3) is 0 Å². The molecule has 1 amide bonds. The van der Waals surface area contributed by atoms with Crippen LogP contribution < -0.4 is 0 Å². The largest absolute Gasteiger partial charge is 0.507 e. The van der Waals surface area contributed by atoms with Crippen molar-refractivity contribution in [2.45, 2.75) is 88.7 Å². The quantitative estimate of drug-likeness (QED) is 0.642. The van der Waals surface area contributed by atoms with Crippen molar-refractivity contribution < 1.29 is 9.90 Å². The SMILES string of the molecule is CCCCC(Sc1cc(C(C)(C)C)c(O)c(C(C)(C)C)c1)C(=O)N(C)C. The molecule has 148 valence electrons. The molecule has 26 heavy (non-hydrogen) atoms. The molecule has 0 heterocycles. The standard InChI is InChI=1S/C22H37NO2S/c1-10-11-12-18(20(25)23(8)9)26-15-13-16(21(2,3)4)19(24)17(14-15)22(5,6)7/h13-14,18,24H,10-12H2,1-9H3. The third-order valence-electron chi connectivity index (χ3n) is 4.51. The molecule has 0 aliphatic carbocycles. The van der Waals surface area contributed by atoms with E-state index in [1.165, 1.54) is 0 Å². The van der Waals surface area contributed by atoms with Crippen LogP contribution >= 0.6 is 11.8 Å². The lowest BCUT2D eigenvalue weighted by Crippen LogP contribution is -2.31. The Hall–Kier alpha value is -1.16. The van der Waals surface area contributed by atoms with E-state index in [2.05, 4.69) is 60.6 Å². The van der Waals surface area contributed by atoms with Crippen LogP contribution in [0.4, 0.5) is 0 Å². The molecule has 0 aromatic heterocycles. The van der Waals surface area contributed by atoms with Crippen LogP contribution in [-0.4, -0.2) is 35.3 Å². The van der Waals surface area contributed by atoms with Crippen molar-refractivity contribution in [1.82, 2.24) is 4.90 Å². The van der Waals surface area contributed by atoms with E-state index in [0.717, 1.165) is 35.3 Å². The Balaban J connectivity index is 3.39. The summed E-state index contributed by atoms with van der Waals surface area (Å²) in [7, 11) is 3.64. The minimum Gasteiger partial charge on any atom is -0.507 e. The molecule has 1 N–H and O–H groups in total. The number of thioether (sulfide) groups is 1. The highest BCUT2D eigenvalue weighted by Crippen LogP contribution is 2.42. The van der Waals surface area contributed by atoms with Crippen molar-refractivity contribution in [3.05, 3.63) is 23.3 Å². The number of benzene rings is 1. The van der Waals surface area contributed by atoms with Gasteiger partial charge in [-0.15, -0.1) is 11.8 Å². The minimum atomic E-state index is -0.162. The summed E-state index contributed by atoms with van der Waals surface area (Å²) in [5.74, 6) is 0.546. The zero-order chi connectivity index (χ0) is 20.3. The summed E-state index contributed by atoms with van der Waals surface area (Å²) in [5.41, 5.74) is 1.56. The molecule has 1 atom stereocenters. The molecule has 4 heteroatoms. The molecule has 0 saturated carbocycles. The molecular weight excluding hydrogens is 342 g/mol. The zero-order valence-corrected chi connectivity index (χ0v) is 18.9. The summed E-state index contributed by atoms with van der Waals surface area (Å²) in [5, 5.41) is 10.8. The summed E-state index contributed by atoms with van der Waals surface area (Å²) >= 11 is 1.63. The van der Waals surface area contributed by atoms with E-state index in [0.29, 0.717) is 5.75 Å². The van der Waals surface area contributed by atoms with Crippen LogP contribution in [0.25, 0.3) is 0 Å². The van der Waals surface area contributed by atoms with Gasteiger partial charge >= 0.3 is 0 Å². The third kappa shape index (κ3) is 5.94. The number of rotatable bonds is 6. The topological polar surface area (TPSA) is 40.5 Å². The zero-order valence-electron chi connectivity index (χ0n) is 18.1. The second kappa shape index (κ2) is 8.69. The monoisotopic (exact) mass is 379 g/mol. The van der Waals surface area contributed by atoms with Crippen molar-refractivity contribution in [2.75, 3.05) is 14.1 Å². The number of aromatic hydroxyl groups is 1. The van der Waals surface area contributed by atoms with Crippen LogP contribution in [0.3, 0.4) is 0 Å². The van der Waals surface area contributed by atoms with Gasteiger partial charge in [0.15, 0.2) is 0 Å². The lowest BCUT2D eigenvalue weighted by molar-refractivity contribution is -0.128. The highest BCUT2D eigenvalue weighted by Gasteiger charge is 2.28. The summed E-state index contributed by atoms with van der Waals surface area (Å²) in [4.78, 5) is 15.4. The number of carbonyl (C=O) groups is 1. The first-order valence-electron chi connectivity index (χ1n) is 9.54. The van der Waals surface area contributed by atoms with Gasteiger partial charge in [0.05, 0.1) is 5.25 Å². The second-order valence-corrected chi connectivity index (χ2v) is 10.6. The molecule has 3 nitrogen and oxygen atoms in total. The summed E-state index contributed by atoms with van der Waals surface area (Å²) in [6.07, 6.45) is 2.98. The van der Waals surface area contributed by atoms with Crippen LogP contribution in [0.1, 0.15) is 78.9 Å². The molecular formula is C22H37NO2S. The van der Waals surface area contributed by atoms with Crippen LogP contribution in [0.5, 0.6) is 5.75 Å². The Morgan fingerprint density at radius 1 is 1.08 bits per heavy atom. The van der Waals surface area contributed by atoms with Crippen molar-refractivity contribution in [3.63, 3.8) is 0 Å². The first kappa shape index (κ1) is 22.9. The molecule has 0 spiro atoms. The van der Waals surface area contributed by atoms with Gasteiger partial charge in [-0.05, 0) is 29.4 Å². The fourth-order valence-electron chi connectivity index (χ4n) is 2.89. The van der Waals surface area contributed by atoms with Crippen molar-refractivity contribution in [1.29, 1.82) is 0 Å². The van der Waals surface area contributed by atoms with Crippen LogP contribution in [0.15, 0.2) is 17.0 Å². The normalized spacial score (nSPS) is 13.6. The molecule has 1 unspecified atom stereocenters. The highest BCUT2D eigenvalue weighted by molar-refractivity contribution is 8.00. The van der Waals surface area contributed by atoms with E-state index >= 15 is 0 Å². The lowest BCUT2D eigenvalue weighted by atomic mass is 9.79. The van der Waals surface area contributed by atoms with Crippen molar-refractivity contribution >= 4 is 17.7 Å². The number of carbonyl (C=O) groups excluding carboxylic acids is 1. The predicted molar refractivity (Wildman–Crippen MR) is 113 cm³/mol. The third-order valence-corrected chi connectivity index (χ3v) is 5.74. The molecule has 0 saturated heterocycles. The van der Waals surface area contributed by atoms with Crippen molar-refractivity contribution in [3.8, 4) is 5.75 Å². The van der Waals surface area contributed by atoms with E-state index < -0.39 is 0 Å². The predicted octanol–water partition coefficient (Wildman–Crippen LogP) is 5.73. The van der Waals surface area contributed by atoms with Gasteiger partial charge in [0.1, 0.15) is 5.75 Å². The average Bonchev–Trinajstić information content (AvgIpc) is 2.49. The number of hydrogen-bond acceptors (Lipinski definition) is 3. The van der Waals surface area contributed by atoms with Gasteiger partial charge in [0, 0.05) is 30.1 Å². The Labute approximate surface area is 164 Å². The van der Waals surface area contributed by atoms with Gasteiger partial charge in [-0.2, -0.15) is 0 Å².